The molecule has 2 rings (SSSR count). The molecular formula is C14H24N2O2. The van der Waals surface area contributed by atoms with Gasteiger partial charge < -0.3 is 14.4 Å². The van der Waals surface area contributed by atoms with Gasteiger partial charge in [-0.3, -0.25) is 0 Å². The summed E-state index contributed by atoms with van der Waals surface area (Å²) in [5.41, 5.74) is 0.867. The fraction of sp³-hybridized carbons (Fsp3) is 0.786. The number of likely N-dealkylation sites (tertiary alicyclic amines) is 1. The first-order valence-corrected chi connectivity index (χ1v) is 7.01. The molecule has 1 aromatic heterocycles. The Hall–Kier alpha value is -0.870. The van der Waals surface area contributed by atoms with Crippen LogP contribution in [0.1, 0.15) is 38.3 Å². The summed E-state index contributed by atoms with van der Waals surface area (Å²) in [6.45, 7) is 7.54. The average molecular weight is 252 g/mol. The van der Waals surface area contributed by atoms with E-state index in [1.807, 2.05) is 0 Å². The van der Waals surface area contributed by atoms with Crippen LogP contribution < -0.4 is 0 Å². The van der Waals surface area contributed by atoms with E-state index in [2.05, 4.69) is 16.8 Å². The maximum Gasteiger partial charge on any atom is 0.194 e. The van der Waals surface area contributed by atoms with E-state index in [-0.39, 0.29) is 6.10 Å². The average Bonchev–Trinajstić information content (AvgIpc) is 2.76. The molecule has 1 N–H and O–H groups in total. The summed E-state index contributed by atoms with van der Waals surface area (Å²) >= 11 is 0. The molecule has 0 spiro atoms. The van der Waals surface area contributed by atoms with Gasteiger partial charge in [0.1, 0.15) is 6.26 Å². The normalized spacial score (nSPS) is 20.2. The van der Waals surface area contributed by atoms with Crippen molar-refractivity contribution in [2.75, 3.05) is 19.6 Å². The number of aliphatic hydroxyl groups excluding tert-OH is 1. The number of rotatable bonds is 5. The van der Waals surface area contributed by atoms with Gasteiger partial charge in [-0.25, -0.2) is 4.98 Å². The van der Waals surface area contributed by atoms with Gasteiger partial charge in [-0.1, -0.05) is 6.92 Å². The predicted octanol–water partition coefficient (Wildman–Crippen LogP) is 1.87. The zero-order valence-electron chi connectivity index (χ0n) is 11.4. The van der Waals surface area contributed by atoms with Gasteiger partial charge in [0, 0.05) is 12.8 Å². The number of hydrogen-bond donors (Lipinski definition) is 1. The number of hydrogen-bond acceptors (Lipinski definition) is 4. The zero-order valence-corrected chi connectivity index (χ0v) is 11.4. The molecule has 0 amide bonds. The molecule has 18 heavy (non-hydrogen) atoms. The lowest BCUT2D eigenvalue weighted by molar-refractivity contribution is 0.187. The van der Waals surface area contributed by atoms with Crippen molar-refractivity contribution < 1.29 is 9.52 Å². The number of nitrogens with zero attached hydrogens (tertiary/aromatic N) is 2. The fourth-order valence-electron chi connectivity index (χ4n) is 2.59. The largest absolute Gasteiger partial charge is 0.449 e. The third-order valence-electron chi connectivity index (χ3n) is 3.72. The number of oxazole rings is 1. The smallest absolute Gasteiger partial charge is 0.194 e. The van der Waals surface area contributed by atoms with Crippen molar-refractivity contribution in [2.24, 2.45) is 5.92 Å². The Kier molecular flexibility index (Phi) is 4.78. The van der Waals surface area contributed by atoms with Crippen LogP contribution >= 0.6 is 0 Å². The second-order valence-corrected chi connectivity index (χ2v) is 5.37. The molecule has 1 aromatic rings. The highest BCUT2D eigenvalue weighted by molar-refractivity contribution is 4.99. The molecule has 1 atom stereocenters. The maximum atomic E-state index is 9.31. The van der Waals surface area contributed by atoms with Gasteiger partial charge in [0.2, 0.25) is 0 Å². The monoisotopic (exact) mass is 252 g/mol. The Balaban J connectivity index is 1.81. The third kappa shape index (κ3) is 3.82. The van der Waals surface area contributed by atoms with Crippen LogP contribution in [0.4, 0.5) is 0 Å². The zero-order chi connectivity index (χ0) is 13.0. The molecule has 1 aliphatic rings. The predicted molar refractivity (Wildman–Crippen MR) is 70.4 cm³/mol. The van der Waals surface area contributed by atoms with Crippen LogP contribution in [0.15, 0.2) is 10.7 Å². The first-order valence-electron chi connectivity index (χ1n) is 7.01. The number of piperidine rings is 1. The molecule has 0 saturated carbocycles. The van der Waals surface area contributed by atoms with Gasteiger partial charge >= 0.3 is 0 Å². The minimum absolute atomic E-state index is 0.351. The second-order valence-electron chi connectivity index (χ2n) is 5.37. The van der Waals surface area contributed by atoms with Crippen LogP contribution in [0.25, 0.3) is 0 Å². The highest BCUT2D eigenvalue weighted by Gasteiger charge is 2.20. The minimum atomic E-state index is -0.351. The standard InChI is InChI=1S/C14H24N2O2/c1-3-16-6-4-12(5-7-16)9-14-15-13(10-18-14)8-11(2)17/h10-12,17H,3-9H2,1-2H3. The van der Waals surface area contributed by atoms with Crippen LogP contribution in [0.2, 0.25) is 0 Å². The Morgan fingerprint density at radius 3 is 2.83 bits per heavy atom. The minimum Gasteiger partial charge on any atom is -0.449 e. The van der Waals surface area contributed by atoms with Crippen LogP contribution in [0, 0.1) is 5.92 Å². The van der Waals surface area contributed by atoms with Gasteiger partial charge in [-0.2, -0.15) is 0 Å². The summed E-state index contributed by atoms with van der Waals surface area (Å²) in [6.07, 6.45) is 5.33. The summed E-state index contributed by atoms with van der Waals surface area (Å²) in [5.74, 6) is 1.53. The van der Waals surface area contributed by atoms with Crippen molar-refractivity contribution in [3.05, 3.63) is 17.8 Å². The van der Waals surface area contributed by atoms with E-state index in [9.17, 15) is 5.11 Å². The topological polar surface area (TPSA) is 49.5 Å². The molecule has 1 aliphatic heterocycles. The fourth-order valence-corrected chi connectivity index (χ4v) is 2.59. The van der Waals surface area contributed by atoms with Crippen molar-refractivity contribution in [1.29, 1.82) is 0 Å². The summed E-state index contributed by atoms with van der Waals surface area (Å²) < 4.78 is 5.49. The molecule has 4 nitrogen and oxygen atoms in total. The second kappa shape index (κ2) is 6.34. The summed E-state index contributed by atoms with van der Waals surface area (Å²) in [5, 5.41) is 9.31. The van der Waals surface area contributed by atoms with Gasteiger partial charge in [0.05, 0.1) is 11.8 Å². The Morgan fingerprint density at radius 2 is 2.22 bits per heavy atom. The highest BCUT2D eigenvalue weighted by atomic mass is 16.3. The Bertz CT molecular complexity index is 354. The molecular weight excluding hydrogens is 228 g/mol. The van der Waals surface area contributed by atoms with E-state index in [0.717, 1.165) is 24.6 Å². The number of aromatic nitrogens is 1. The van der Waals surface area contributed by atoms with E-state index in [0.29, 0.717) is 12.3 Å². The maximum absolute atomic E-state index is 9.31. The molecule has 0 aliphatic carbocycles. The van der Waals surface area contributed by atoms with Gasteiger partial charge in [0.15, 0.2) is 5.89 Å². The highest BCUT2D eigenvalue weighted by Crippen LogP contribution is 2.21. The van der Waals surface area contributed by atoms with Gasteiger partial charge in [0.25, 0.3) is 0 Å². The van der Waals surface area contributed by atoms with Crippen molar-refractivity contribution in [2.45, 2.75) is 45.6 Å². The Labute approximate surface area is 109 Å². The van der Waals surface area contributed by atoms with Crippen molar-refractivity contribution in [3.8, 4) is 0 Å². The van der Waals surface area contributed by atoms with E-state index < -0.39 is 0 Å². The molecule has 1 unspecified atom stereocenters. The first kappa shape index (κ1) is 13.6. The van der Waals surface area contributed by atoms with Gasteiger partial charge in [-0.05, 0) is 45.3 Å². The van der Waals surface area contributed by atoms with Crippen LogP contribution in [0.5, 0.6) is 0 Å². The van der Waals surface area contributed by atoms with E-state index >= 15 is 0 Å². The van der Waals surface area contributed by atoms with Crippen molar-refractivity contribution >= 4 is 0 Å². The van der Waals surface area contributed by atoms with Crippen molar-refractivity contribution in [1.82, 2.24) is 9.88 Å². The van der Waals surface area contributed by atoms with E-state index in [1.54, 1.807) is 13.2 Å². The van der Waals surface area contributed by atoms with Crippen LogP contribution in [0.3, 0.4) is 0 Å². The summed E-state index contributed by atoms with van der Waals surface area (Å²) in [4.78, 5) is 6.93. The van der Waals surface area contributed by atoms with Crippen LogP contribution in [-0.2, 0) is 12.8 Å². The summed E-state index contributed by atoms with van der Waals surface area (Å²) in [7, 11) is 0. The van der Waals surface area contributed by atoms with Gasteiger partial charge in [-0.15, -0.1) is 0 Å². The van der Waals surface area contributed by atoms with E-state index in [1.165, 1.54) is 25.9 Å². The SMILES string of the molecule is CCN1CCC(Cc2nc(CC(C)O)co2)CC1. The molecule has 102 valence electrons. The first-order chi connectivity index (χ1) is 8.67. The molecule has 0 radical (unpaired) electrons. The molecule has 0 aromatic carbocycles. The lowest BCUT2D eigenvalue weighted by atomic mass is 9.93. The lowest BCUT2D eigenvalue weighted by Gasteiger charge is -2.30. The van der Waals surface area contributed by atoms with E-state index in [4.69, 9.17) is 4.42 Å². The number of aliphatic hydroxyl groups is 1. The Morgan fingerprint density at radius 1 is 1.50 bits per heavy atom. The molecule has 1 saturated heterocycles. The summed E-state index contributed by atoms with van der Waals surface area (Å²) in [6, 6.07) is 0. The van der Waals surface area contributed by atoms with Crippen molar-refractivity contribution in [3.63, 3.8) is 0 Å². The quantitative estimate of drug-likeness (QED) is 0.869. The molecule has 2 heterocycles. The lowest BCUT2D eigenvalue weighted by Crippen LogP contribution is -2.34. The third-order valence-corrected chi connectivity index (χ3v) is 3.72. The molecule has 4 heteroatoms. The molecule has 0 bridgehead atoms. The van der Waals surface area contributed by atoms with Crippen LogP contribution in [-0.4, -0.2) is 40.7 Å². The molecule has 1 fully saturated rings.